The van der Waals surface area contributed by atoms with Crippen LogP contribution in [-0.2, 0) is 6.61 Å². The molecule has 0 spiro atoms. The molecule has 2 aromatic carbocycles. The molecule has 0 saturated carbocycles. The van der Waals surface area contributed by atoms with Gasteiger partial charge in [-0.05, 0) is 42.8 Å². The molecule has 0 saturated heterocycles. The summed E-state index contributed by atoms with van der Waals surface area (Å²) in [7, 11) is 0. The van der Waals surface area contributed by atoms with Crippen LogP contribution in [0.5, 0.6) is 5.75 Å². The molecular formula is C19H16N2O5. The summed E-state index contributed by atoms with van der Waals surface area (Å²) in [6.45, 7) is 2.13. The van der Waals surface area contributed by atoms with Crippen LogP contribution in [0.25, 0.3) is 0 Å². The lowest BCUT2D eigenvalue weighted by atomic mass is 10.2. The largest absolute Gasteiger partial charge is 0.486 e. The number of benzene rings is 2. The van der Waals surface area contributed by atoms with E-state index in [0.717, 1.165) is 5.56 Å². The van der Waals surface area contributed by atoms with Crippen LogP contribution < -0.4 is 10.1 Å². The minimum atomic E-state index is -0.568. The maximum atomic E-state index is 12.3. The second kappa shape index (κ2) is 7.52. The van der Waals surface area contributed by atoms with E-state index in [1.807, 2.05) is 31.2 Å². The van der Waals surface area contributed by atoms with Crippen molar-refractivity contribution in [3.05, 3.63) is 87.9 Å². The first-order valence-electron chi connectivity index (χ1n) is 7.86. The molecule has 0 fully saturated rings. The quantitative estimate of drug-likeness (QED) is 0.526. The Hall–Kier alpha value is -3.61. The average Bonchev–Trinajstić information content (AvgIpc) is 3.09. The van der Waals surface area contributed by atoms with Crippen molar-refractivity contribution in [3.63, 3.8) is 0 Å². The Bertz CT molecular complexity index is 948. The third-order valence-corrected chi connectivity index (χ3v) is 3.61. The van der Waals surface area contributed by atoms with Crippen molar-refractivity contribution in [3.8, 4) is 5.75 Å². The first-order valence-corrected chi connectivity index (χ1v) is 7.86. The maximum absolute atomic E-state index is 12.3. The van der Waals surface area contributed by atoms with E-state index in [4.69, 9.17) is 9.15 Å². The number of hydrogen-bond donors (Lipinski definition) is 1. The molecule has 132 valence electrons. The summed E-state index contributed by atoms with van der Waals surface area (Å²) in [5.41, 5.74) is 0.998. The van der Waals surface area contributed by atoms with Crippen molar-refractivity contribution in [2.75, 3.05) is 5.32 Å². The number of furan rings is 1. The van der Waals surface area contributed by atoms with Crippen LogP contribution in [0.3, 0.4) is 0 Å². The number of nitro groups is 1. The van der Waals surface area contributed by atoms with Gasteiger partial charge in [-0.3, -0.25) is 14.9 Å². The van der Waals surface area contributed by atoms with E-state index >= 15 is 0 Å². The minimum absolute atomic E-state index is 0.0472. The lowest BCUT2D eigenvalue weighted by Gasteiger charge is -2.05. The Balaban J connectivity index is 1.66. The highest BCUT2D eigenvalue weighted by molar-refractivity contribution is 6.03. The van der Waals surface area contributed by atoms with Gasteiger partial charge < -0.3 is 14.5 Å². The summed E-state index contributed by atoms with van der Waals surface area (Å²) in [6, 6.07) is 16.6. The first kappa shape index (κ1) is 17.2. The van der Waals surface area contributed by atoms with Crippen LogP contribution in [-0.4, -0.2) is 10.8 Å². The van der Waals surface area contributed by atoms with Crippen molar-refractivity contribution in [1.82, 2.24) is 0 Å². The van der Waals surface area contributed by atoms with E-state index in [0.29, 0.717) is 11.5 Å². The lowest BCUT2D eigenvalue weighted by molar-refractivity contribution is -0.383. The number of para-hydroxylation sites is 2. The third kappa shape index (κ3) is 4.07. The predicted molar refractivity (Wildman–Crippen MR) is 95.3 cm³/mol. The number of carbonyl (C=O) groups excluding carboxylic acids is 1. The van der Waals surface area contributed by atoms with E-state index in [1.54, 1.807) is 12.1 Å². The zero-order chi connectivity index (χ0) is 18.5. The number of nitrogens with one attached hydrogen (secondary N) is 1. The average molecular weight is 352 g/mol. The Morgan fingerprint density at radius 1 is 1.15 bits per heavy atom. The molecule has 26 heavy (non-hydrogen) atoms. The van der Waals surface area contributed by atoms with Gasteiger partial charge in [0.05, 0.1) is 4.92 Å². The standard InChI is InChI=1S/C19H16N2O5/c1-13-5-4-6-14(11-13)25-12-15-9-10-18(26-15)19(22)20-16-7-2-3-8-17(16)21(23)24/h2-11H,12H2,1H3,(H,20,22). The topological polar surface area (TPSA) is 94.6 Å². The number of aryl methyl sites for hydroxylation is 1. The van der Waals surface area contributed by atoms with Gasteiger partial charge in [0, 0.05) is 6.07 Å². The number of nitro benzene ring substituents is 1. The van der Waals surface area contributed by atoms with Gasteiger partial charge in [-0.2, -0.15) is 0 Å². The van der Waals surface area contributed by atoms with E-state index in [-0.39, 0.29) is 23.7 Å². The van der Waals surface area contributed by atoms with Crippen LogP contribution in [0, 0.1) is 17.0 Å². The number of anilines is 1. The van der Waals surface area contributed by atoms with Gasteiger partial charge in [0.2, 0.25) is 0 Å². The molecule has 0 radical (unpaired) electrons. The summed E-state index contributed by atoms with van der Waals surface area (Å²) in [6.07, 6.45) is 0. The molecular weight excluding hydrogens is 336 g/mol. The molecule has 3 rings (SSSR count). The summed E-state index contributed by atoms with van der Waals surface area (Å²) in [5, 5.41) is 13.5. The van der Waals surface area contributed by atoms with Crippen molar-refractivity contribution in [2.24, 2.45) is 0 Å². The molecule has 0 atom stereocenters. The fraction of sp³-hybridized carbons (Fsp3) is 0.105. The molecule has 0 aliphatic rings. The SMILES string of the molecule is Cc1cccc(OCc2ccc(C(=O)Nc3ccccc3[N+](=O)[O-])o2)c1. The fourth-order valence-corrected chi connectivity index (χ4v) is 2.36. The van der Waals surface area contributed by atoms with Gasteiger partial charge in [0.1, 0.15) is 23.8 Å². The fourth-order valence-electron chi connectivity index (χ4n) is 2.36. The number of rotatable bonds is 6. The molecule has 3 aromatic rings. The highest BCUT2D eigenvalue weighted by Crippen LogP contribution is 2.24. The highest BCUT2D eigenvalue weighted by atomic mass is 16.6. The van der Waals surface area contributed by atoms with Crippen LogP contribution >= 0.6 is 0 Å². The lowest BCUT2D eigenvalue weighted by Crippen LogP contribution is -2.12. The second-order valence-corrected chi connectivity index (χ2v) is 5.60. The number of carbonyl (C=O) groups is 1. The molecule has 7 nitrogen and oxygen atoms in total. The Labute approximate surface area is 149 Å². The van der Waals surface area contributed by atoms with Crippen LogP contribution in [0.15, 0.2) is 65.1 Å². The molecule has 7 heteroatoms. The summed E-state index contributed by atoms with van der Waals surface area (Å²) >= 11 is 0. The van der Waals surface area contributed by atoms with Crippen molar-refractivity contribution in [1.29, 1.82) is 0 Å². The van der Waals surface area contributed by atoms with Crippen molar-refractivity contribution in [2.45, 2.75) is 13.5 Å². The minimum Gasteiger partial charge on any atom is -0.486 e. The first-order chi connectivity index (χ1) is 12.5. The number of amides is 1. The van der Waals surface area contributed by atoms with E-state index in [2.05, 4.69) is 5.32 Å². The molecule has 0 unspecified atom stereocenters. The summed E-state index contributed by atoms with van der Waals surface area (Å²) in [4.78, 5) is 22.7. The van der Waals surface area contributed by atoms with Gasteiger partial charge >= 0.3 is 0 Å². The third-order valence-electron chi connectivity index (χ3n) is 3.61. The van der Waals surface area contributed by atoms with Gasteiger partial charge in [-0.1, -0.05) is 24.3 Å². The Morgan fingerprint density at radius 2 is 1.96 bits per heavy atom. The molecule has 1 heterocycles. The molecule has 1 aromatic heterocycles. The number of nitrogens with zero attached hydrogens (tertiary/aromatic N) is 1. The maximum Gasteiger partial charge on any atom is 0.292 e. The smallest absolute Gasteiger partial charge is 0.292 e. The summed E-state index contributed by atoms with van der Waals surface area (Å²) in [5.74, 6) is 0.652. The van der Waals surface area contributed by atoms with Gasteiger partial charge in [0.25, 0.3) is 11.6 Å². The van der Waals surface area contributed by atoms with Crippen LogP contribution in [0.4, 0.5) is 11.4 Å². The predicted octanol–water partition coefficient (Wildman–Crippen LogP) is 4.33. The van der Waals surface area contributed by atoms with E-state index in [1.165, 1.54) is 24.3 Å². The zero-order valence-electron chi connectivity index (χ0n) is 14.0. The zero-order valence-corrected chi connectivity index (χ0v) is 14.0. The van der Waals surface area contributed by atoms with Gasteiger partial charge in [-0.15, -0.1) is 0 Å². The second-order valence-electron chi connectivity index (χ2n) is 5.60. The number of hydrogen-bond acceptors (Lipinski definition) is 5. The van der Waals surface area contributed by atoms with Gasteiger partial charge in [-0.25, -0.2) is 0 Å². The molecule has 1 N–H and O–H groups in total. The Morgan fingerprint density at radius 3 is 2.73 bits per heavy atom. The van der Waals surface area contributed by atoms with Crippen LogP contribution in [0.1, 0.15) is 21.9 Å². The van der Waals surface area contributed by atoms with Crippen LogP contribution in [0.2, 0.25) is 0 Å². The number of ether oxygens (including phenoxy) is 1. The van der Waals surface area contributed by atoms with Crippen molar-refractivity contribution < 1.29 is 18.9 Å². The monoisotopic (exact) mass is 352 g/mol. The van der Waals surface area contributed by atoms with E-state index < -0.39 is 10.8 Å². The van der Waals surface area contributed by atoms with Gasteiger partial charge in [0.15, 0.2) is 5.76 Å². The Kier molecular flexibility index (Phi) is 4.98. The highest BCUT2D eigenvalue weighted by Gasteiger charge is 2.18. The molecule has 0 bridgehead atoms. The molecule has 1 amide bonds. The van der Waals surface area contributed by atoms with Crippen molar-refractivity contribution >= 4 is 17.3 Å². The summed E-state index contributed by atoms with van der Waals surface area (Å²) < 4.78 is 11.1. The normalized spacial score (nSPS) is 10.3. The molecule has 0 aliphatic carbocycles. The van der Waals surface area contributed by atoms with E-state index in [9.17, 15) is 14.9 Å². The molecule has 0 aliphatic heterocycles.